The van der Waals surface area contributed by atoms with Gasteiger partial charge in [0, 0.05) is 17.1 Å². The molecule has 0 aliphatic heterocycles. The zero-order valence-electron chi connectivity index (χ0n) is 30.2. The molecule has 6 rings (SSSR count). The van der Waals surface area contributed by atoms with E-state index in [-0.39, 0.29) is 11.1 Å². The number of hydrogen-bond acceptors (Lipinski definition) is 5. The minimum atomic E-state index is -1.25. The molecule has 0 amide bonds. The highest BCUT2D eigenvalue weighted by Crippen LogP contribution is 2.38. The second-order valence-corrected chi connectivity index (χ2v) is 13.4. The van der Waals surface area contributed by atoms with Crippen molar-refractivity contribution in [3.05, 3.63) is 171 Å². The second kappa shape index (κ2) is 18.0. The van der Waals surface area contributed by atoms with Gasteiger partial charge >= 0.3 is 11.9 Å². The topological polar surface area (TPSA) is 125 Å². The van der Waals surface area contributed by atoms with Gasteiger partial charge in [-0.05, 0) is 106 Å². The van der Waals surface area contributed by atoms with Crippen LogP contribution in [-0.4, -0.2) is 22.2 Å². The molecule has 0 aromatic heterocycles. The minimum absolute atomic E-state index is 0.309. The number of carboxylic acid groups (broad SMARTS) is 2. The summed E-state index contributed by atoms with van der Waals surface area (Å²) in [6, 6.07) is 43.9. The van der Waals surface area contributed by atoms with E-state index in [1.165, 1.54) is 49.8 Å². The largest absolute Gasteiger partial charge is 0.477 e. The summed E-state index contributed by atoms with van der Waals surface area (Å²) in [5, 5.41) is 36.3. The molecule has 7 heteroatoms. The van der Waals surface area contributed by atoms with Crippen LogP contribution in [0.3, 0.4) is 0 Å². The highest BCUT2D eigenvalue weighted by molar-refractivity contribution is 5.97. The summed E-state index contributed by atoms with van der Waals surface area (Å²) < 4.78 is 0. The zero-order valence-corrected chi connectivity index (χ0v) is 30.2. The van der Waals surface area contributed by atoms with Crippen molar-refractivity contribution >= 4 is 65.5 Å². The third-order valence-corrected chi connectivity index (χ3v) is 9.66. The van der Waals surface area contributed by atoms with Crippen LogP contribution in [0.1, 0.15) is 77.0 Å². The summed E-state index contributed by atoms with van der Waals surface area (Å²) in [5.41, 5.74) is 9.12. The van der Waals surface area contributed by atoms with Crippen LogP contribution in [0.15, 0.2) is 132 Å². The smallest absolute Gasteiger partial charge is 0.346 e. The Balaban J connectivity index is 1.22. The van der Waals surface area contributed by atoms with E-state index in [0.29, 0.717) is 17.0 Å². The number of nitrogens with zero attached hydrogens (tertiary/aromatic N) is 3. The van der Waals surface area contributed by atoms with E-state index in [1.807, 2.05) is 48.6 Å². The van der Waals surface area contributed by atoms with Crippen LogP contribution in [-0.2, 0) is 9.59 Å². The van der Waals surface area contributed by atoms with E-state index >= 15 is 0 Å². The molecule has 0 radical (unpaired) electrons. The quantitative estimate of drug-likeness (QED) is 0.0746. The predicted molar refractivity (Wildman–Crippen MR) is 220 cm³/mol. The van der Waals surface area contributed by atoms with Crippen molar-refractivity contribution in [1.82, 2.24) is 0 Å². The van der Waals surface area contributed by atoms with Gasteiger partial charge in [0.25, 0.3) is 0 Å². The fourth-order valence-electron chi connectivity index (χ4n) is 6.66. The number of carboxylic acids is 2. The van der Waals surface area contributed by atoms with E-state index in [9.17, 15) is 9.59 Å². The van der Waals surface area contributed by atoms with Crippen LogP contribution in [0.5, 0.6) is 0 Å². The molecule has 0 atom stereocenters. The maximum Gasteiger partial charge on any atom is 0.346 e. The van der Waals surface area contributed by atoms with Gasteiger partial charge in [0.1, 0.15) is 23.3 Å². The number of anilines is 3. The first-order valence-electron chi connectivity index (χ1n) is 18.2. The number of rotatable bonds is 12. The number of carbonyl (C=O) groups is 2. The molecule has 0 spiro atoms. The number of nitriles is 2. The van der Waals surface area contributed by atoms with Gasteiger partial charge in [0.2, 0.25) is 0 Å². The molecule has 1 aliphatic rings. The van der Waals surface area contributed by atoms with E-state index in [4.69, 9.17) is 20.7 Å². The highest BCUT2D eigenvalue weighted by Gasteiger charge is 2.17. The first-order chi connectivity index (χ1) is 26.8. The SMILES string of the molecule is N#C/C(=C\c1ccc(/C=C/c2ccc(N(c3ccc(/C=C/c4ccc(/C=C(\C#N)C(=O)O)cc4)cc3)c3ccc(C4CCCCC4)cc3)cc2)cc1)C(=O)O. The first-order valence-corrected chi connectivity index (χ1v) is 18.2. The molecule has 1 saturated carbocycles. The van der Waals surface area contributed by atoms with E-state index in [1.54, 1.807) is 36.4 Å². The third kappa shape index (κ3) is 10.0. The average molecular weight is 722 g/mol. The molecule has 2 N–H and O–H groups in total. The summed E-state index contributed by atoms with van der Waals surface area (Å²) in [7, 11) is 0. The van der Waals surface area contributed by atoms with Crippen LogP contribution in [0.2, 0.25) is 0 Å². The van der Waals surface area contributed by atoms with Crippen molar-refractivity contribution in [2.75, 3.05) is 4.90 Å². The fraction of sp³-hybridized carbons (Fsp3) is 0.125. The molecule has 270 valence electrons. The Hall–Kier alpha value is -7.22. The average Bonchev–Trinajstić information content (AvgIpc) is 3.22. The molecule has 7 nitrogen and oxygen atoms in total. The van der Waals surface area contributed by atoms with Gasteiger partial charge in [-0.15, -0.1) is 0 Å². The van der Waals surface area contributed by atoms with Crippen LogP contribution in [0.4, 0.5) is 17.1 Å². The standard InChI is InChI=1S/C48H39N3O4/c49-32-42(47(52)53)30-38-14-10-34(11-15-38)6-8-36-18-24-44(25-19-36)51(46-28-22-41(23-29-46)40-4-2-1-3-5-40)45-26-20-37(21-27-45)9-7-35-12-16-39(17-13-35)31-43(33-50)48(54)55/h6-31,40H,1-5H2,(H,52,53)(H,54,55)/b8-6+,9-7+,42-30+,43-31+. The molecule has 0 saturated heterocycles. The van der Waals surface area contributed by atoms with Crippen LogP contribution < -0.4 is 4.90 Å². The van der Waals surface area contributed by atoms with Gasteiger partial charge in [0.15, 0.2) is 0 Å². The van der Waals surface area contributed by atoms with E-state index < -0.39 is 11.9 Å². The van der Waals surface area contributed by atoms with Gasteiger partial charge in [-0.25, -0.2) is 9.59 Å². The molecule has 5 aromatic carbocycles. The second-order valence-electron chi connectivity index (χ2n) is 13.4. The molecule has 55 heavy (non-hydrogen) atoms. The lowest BCUT2D eigenvalue weighted by Crippen LogP contribution is -2.10. The lowest BCUT2D eigenvalue weighted by atomic mass is 9.84. The van der Waals surface area contributed by atoms with Gasteiger partial charge < -0.3 is 15.1 Å². The first kappa shape index (κ1) is 37.5. The summed E-state index contributed by atoms with van der Waals surface area (Å²) in [6.07, 6.45) is 17.1. The summed E-state index contributed by atoms with van der Waals surface area (Å²) >= 11 is 0. The van der Waals surface area contributed by atoms with Crippen molar-refractivity contribution < 1.29 is 19.8 Å². The molecule has 0 unspecified atom stereocenters. The van der Waals surface area contributed by atoms with Crippen molar-refractivity contribution in [1.29, 1.82) is 10.5 Å². The Kier molecular flexibility index (Phi) is 12.3. The monoisotopic (exact) mass is 721 g/mol. The molecule has 1 aliphatic carbocycles. The van der Waals surface area contributed by atoms with Gasteiger partial charge in [0.05, 0.1) is 0 Å². The Morgan fingerprint density at radius 1 is 0.491 bits per heavy atom. The van der Waals surface area contributed by atoms with Gasteiger partial charge in [-0.1, -0.05) is 128 Å². The fourth-order valence-corrected chi connectivity index (χ4v) is 6.66. The van der Waals surface area contributed by atoms with Crippen molar-refractivity contribution in [2.24, 2.45) is 0 Å². The van der Waals surface area contributed by atoms with Crippen LogP contribution >= 0.6 is 0 Å². The Morgan fingerprint density at radius 2 is 0.800 bits per heavy atom. The van der Waals surface area contributed by atoms with Crippen molar-refractivity contribution in [3.63, 3.8) is 0 Å². The Morgan fingerprint density at radius 3 is 1.13 bits per heavy atom. The Bertz CT molecular complexity index is 2190. The number of aliphatic carboxylic acids is 2. The molecular weight excluding hydrogens is 683 g/mol. The maximum atomic E-state index is 11.2. The normalized spacial score (nSPS) is 13.7. The van der Waals surface area contributed by atoms with Crippen molar-refractivity contribution in [2.45, 2.75) is 38.0 Å². The zero-order chi connectivity index (χ0) is 38.6. The van der Waals surface area contributed by atoms with Gasteiger partial charge in [-0.2, -0.15) is 10.5 Å². The van der Waals surface area contributed by atoms with E-state index in [2.05, 4.69) is 77.7 Å². The Labute approximate surface area is 321 Å². The summed E-state index contributed by atoms with van der Waals surface area (Å²) in [6.45, 7) is 0. The summed E-state index contributed by atoms with van der Waals surface area (Å²) in [4.78, 5) is 24.6. The number of hydrogen-bond donors (Lipinski definition) is 2. The summed E-state index contributed by atoms with van der Waals surface area (Å²) in [5.74, 6) is -1.88. The van der Waals surface area contributed by atoms with E-state index in [0.717, 1.165) is 39.3 Å². The third-order valence-electron chi connectivity index (χ3n) is 9.66. The molecular formula is C48H39N3O4. The lowest BCUT2D eigenvalue weighted by Gasteiger charge is -2.27. The molecule has 0 bridgehead atoms. The van der Waals surface area contributed by atoms with Crippen molar-refractivity contribution in [3.8, 4) is 12.1 Å². The highest BCUT2D eigenvalue weighted by atomic mass is 16.4. The predicted octanol–water partition coefficient (Wildman–Crippen LogP) is 11.5. The van der Waals surface area contributed by atoms with Crippen LogP contribution in [0.25, 0.3) is 36.5 Å². The molecule has 0 heterocycles. The molecule has 5 aromatic rings. The molecule has 1 fully saturated rings. The number of benzene rings is 5. The maximum absolute atomic E-state index is 11.2. The lowest BCUT2D eigenvalue weighted by molar-refractivity contribution is -0.133. The van der Waals surface area contributed by atoms with Gasteiger partial charge in [-0.3, -0.25) is 0 Å². The van der Waals surface area contributed by atoms with Crippen LogP contribution in [0, 0.1) is 22.7 Å². The minimum Gasteiger partial charge on any atom is -0.477 e.